The molecule has 0 saturated carbocycles. The van der Waals surface area contributed by atoms with Gasteiger partial charge in [-0.25, -0.2) is 0 Å². The topological polar surface area (TPSA) is 52.7 Å². The molecule has 1 saturated heterocycles. The predicted octanol–water partition coefficient (Wildman–Crippen LogP) is 3.18. The van der Waals surface area contributed by atoms with Crippen molar-refractivity contribution in [2.75, 3.05) is 30.4 Å². The van der Waals surface area contributed by atoms with Crippen LogP contribution in [-0.2, 0) is 16.1 Å². The summed E-state index contributed by atoms with van der Waals surface area (Å²) >= 11 is 3.47. The van der Waals surface area contributed by atoms with Crippen LogP contribution in [0, 0.1) is 5.92 Å². The van der Waals surface area contributed by atoms with E-state index in [-0.39, 0.29) is 24.2 Å². The molecule has 26 heavy (non-hydrogen) atoms. The fourth-order valence-electron chi connectivity index (χ4n) is 3.03. The molecule has 2 aromatic carbocycles. The molecule has 1 unspecified atom stereocenters. The van der Waals surface area contributed by atoms with Crippen LogP contribution in [0.1, 0.15) is 12.0 Å². The molecule has 1 heterocycles. The van der Waals surface area contributed by atoms with E-state index in [1.807, 2.05) is 67.5 Å². The summed E-state index contributed by atoms with van der Waals surface area (Å²) in [4.78, 5) is 28.5. The molecule has 0 spiro atoms. The van der Waals surface area contributed by atoms with Gasteiger partial charge in [0.15, 0.2) is 0 Å². The first-order valence-electron chi connectivity index (χ1n) is 8.54. The molecule has 1 fully saturated rings. The maximum Gasteiger partial charge on any atom is 0.227 e. The van der Waals surface area contributed by atoms with Gasteiger partial charge in [-0.3, -0.25) is 9.59 Å². The van der Waals surface area contributed by atoms with Crippen LogP contribution in [0.2, 0.25) is 0 Å². The molecule has 6 heteroatoms. The van der Waals surface area contributed by atoms with Crippen LogP contribution in [0.4, 0.5) is 11.4 Å². The maximum absolute atomic E-state index is 12.5. The summed E-state index contributed by atoms with van der Waals surface area (Å²) in [6.07, 6.45) is 0.243. The number of halogens is 1. The van der Waals surface area contributed by atoms with Crippen LogP contribution >= 0.6 is 15.9 Å². The van der Waals surface area contributed by atoms with E-state index in [1.165, 1.54) is 0 Å². The molecule has 3 rings (SSSR count). The van der Waals surface area contributed by atoms with Gasteiger partial charge in [0.2, 0.25) is 11.8 Å². The fraction of sp³-hybridized carbons (Fsp3) is 0.300. The zero-order chi connectivity index (χ0) is 18.7. The number of para-hydroxylation sites is 1. The number of nitrogens with zero attached hydrogens (tertiary/aromatic N) is 2. The van der Waals surface area contributed by atoms with E-state index < -0.39 is 0 Å². The van der Waals surface area contributed by atoms with Crippen LogP contribution in [0.5, 0.6) is 0 Å². The smallest absolute Gasteiger partial charge is 0.227 e. The summed E-state index contributed by atoms with van der Waals surface area (Å²) < 4.78 is 0.857. The molecule has 2 amide bonds. The molecule has 0 radical (unpaired) electrons. The summed E-state index contributed by atoms with van der Waals surface area (Å²) in [5.41, 5.74) is 2.97. The molecular formula is C20H22BrN3O2. The Morgan fingerprint density at radius 1 is 1.19 bits per heavy atom. The Hall–Kier alpha value is -2.34. The molecule has 136 valence electrons. The highest BCUT2D eigenvalue weighted by molar-refractivity contribution is 9.10. The molecule has 1 N–H and O–H groups in total. The highest BCUT2D eigenvalue weighted by atomic mass is 79.9. The lowest BCUT2D eigenvalue weighted by atomic mass is 10.1. The number of hydrogen-bond acceptors (Lipinski definition) is 3. The van der Waals surface area contributed by atoms with Gasteiger partial charge in [-0.1, -0.05) is 24.3 Å². The number of amides is 2. The Balaban J connectivity index is 1.59. The Bertz CT molecular complexity index is 805. The van der Waals surface area contributed by atoms with Gasteiger partial charge in [0.25, 0.3) is 0 Å². The number of hydrogen-bond donors (Lipinski definition) is 1. The maximum atomic E-state index is 12.5. The number of benzene rings is 2. The first-order chi connectivity index (χ1) is 12.5. The third kappa shape index (κ3) is 4.07. The number of anilines is 2. The summed E-state index contributed by atoms with van der Waals surface area (Å²) in [5.74, 6) is -0.423. The predicted molar refractivity (Wildman–Crippen MR) is 107 cm³/mol. The van der Waals surface area contributed by atoms with Crippen molar-refractivity contribution < 1.29 is 9.59 Å². The quantitative estimate of drug-likeness (QED) is 0.815. The number of nitrogens with one attached hydrogen (secondary N) is 1. The minimum atomic E-state index is -0.323. The molecule has 1 aliphatic heterocycles. The molecule has 0 aromatic heterocycles. The van der Waals surface area contributed by atoms with Gasteiger partial charge in [-0.2, -0.15) is 0 Å². The number of rotatable bonds is 5. The molecule has 0 aliphatic carbocycles. The molecule has 5 nitrogen and oxygen atoms in total. The highest BCUT2D eigenvalue weighted by Crippen LogP contribution is 2.31. The van der Waals surface area contributed by atoms with E-state index in [1.54, 1.807) is 4.90 Å². The van der Waals surface area contributed by atoms with Gasteiger partial charge in [0.1, 0.15) is 0 Å². The zero-order valence-electron chi connectivity index (χ0n) is 14.9. The fourth-order valence-corrected chi connectivity index (χ4v) is 3.53. The first kappa shape index (κ1) is 18.5. The van der Waals surface area contributed by atoms with E-state index in [0.29, 0.717) is 13.1 Å². The lowest BCUT2D eigenvalue weighted by Crippen LogP contribution is -2.32. The van der Waals surface area contributed by atoms with Crippen molar-refractivity contribution in [3.05, 3.63) is 58.6 Å². The van der Waals surface area contributed by atoms with Crippen LogP contribution in [0.15, 0.2) is 53.0 Å². The first-order valence-corrected chi connectivity index (χ1v) is 9.34. The highest BCUT2D eigenvalue weighted by Gasteiger charge is 2.35. The molecule has 1 aliphatic rings. The van der Waals surface area contributed by atoms with E-state index in [9.17, 15) is 9.59 Å². The van der Waals surface area contributed by atoms with Crippen LogP contribution in [0.3, 0.4) is 0 Å². The van der Waals surface area contributed by atoms with Gasteiger partial charge >= 0.3 is 0 Å². The Morgan fingerprint density at radius 2 is 1.88 bits per heavy atom. The van der Waals surface area contributed by atoms with Crippen molar-refractivity contribution >= 4 is 39.1 Å². The molecule has 1 atom stereocenters. The van der Waals surface area contributed by atoms with Gasteiger partial charge in [-0.05, 0) is 45.8 Å². The second-order valence-electron chi connectivity index (χ2n) is 6.64. The van der Waals surface area contributed by atoms with Crippen molar-refractivity contribution in [3.8, 4) is 0 Å². The molecular weight excluding hydrogens is 394 g/mol. The Labute approximate surface area is 162 Å². The standard InChI is InChI=1S/C20H22BrN3O2/c1-23(2)16-9-7-14(8-10-16)12-22-20(26)15-11-19(25)24(13-15)18-6-4-3-5-17(18)21/h3-10,15H,11-13H2,1-2H3,(H,22,26). The normalized spacial score (nSPS) is 16.7. The molecule has 2 aromatic rings. The summed E-state index contributed by atoms with van der Waals surface area (Å²) in [7, 11) is 3.98. The lowest BCUT2D eigenvalue weighted by molar-refractivity contribution is -0.126. The second kappa shape index (κ2) is 7.91. The SMILES string of the molecule is CN(C)c1ccc(CNC(=O)C2CC(=O)N(c3ccccc3Br)C2)cc1. The van der Waals surface area contributed by atoms with E-state index in [0.717, 1.165) is 21.4 Å². The lowest BCUT2D eigenvalue weighted by Gasteiger charge is -2.18. The summed E-state index contributed by atoms with van der Waals surface area (Å²) in [5, 5.41) is 2.95. The van der Waals surface area contributed by atoms with Gasteiger partial charge in [0, 0.05) is 43.8 Å². The minimum absolute atomic E-state index is 0.0209. The van der Waals surface area contributed by atoms with Crippen LogP contribution in [-0.4, -0.2) is 32.5 Å². The Morgan fingerprint density at radius 3 is 2.54 bits per heavy atom. The van der Waals surface area contributed by atoms with Crippen molar-refractivity contribution in [1.29, 1.82) is 0 Å². The van der Waals surface area contributed by atoms with Crippen molar-refractivity contribution in [3.63, 3.8) is 0 Å². The minimum Gasteiger partial charge on any atom is -0.378 e. The summed E-state index contributed by atoms with van der Waals surface area (Å²) in [6, 6.07) is 15.6. The van der Waals surface area contributed by atoms with Gasteiger partial charge < -0.3 is 15.1 Å². The third-order valence-electron chi connectivity index (χ3n) is 4.56. The van der Waals surface area contributed by atoms with Crippen molar-refractivity contribution in [2.24, 2.45) is 5.92 Å². The monoisotopic (exact) mass is 415 g/mol. The van der Waals surface area contributed by atoms with Crippen LogP contribution < -0.4 is 15.1 Å². The Kier molecular flexibility index (Phi) is 5.61. The van der Waals surface area contributed by atoms with Gasteiger partial charge in [0.05, 0.1) is 11.6 Å². The van der Waals surface area contributed by atoms with E-state index in [2.05, 4.69) is 21.2 Å². The number of carbonyl (C=O) groups is 2. The zero-order valence-corrected chi connectivity index (χ0v) is 16.5. The molecule has 0 bridgehead atoms. The largest absolute Gasteiger partial charge is 0.378 e. The second-order valence-corrected chi connectivity index (χ2v) is 7.49. The van der Waals surface area contributed by atoms with E-state index in [4.69, 9.17) is 0 Å². The van der Waals surface area contributed by atoms with Crippen molar-refractivity contribution in [1.82, 2.24) is 5.32 Å². The van der Waals surface area contributed by atoms with E-state index >= 15 is 0 Å². The van der Waals surface area contributed by atoms with Crippen LogP contribution in [0.25, 0.3) is 0 Å². The van der Waals surface area contributed by atoms with Gasteiger partial charge in [-0.15, -0.1) is 0 Å². The third-order valence-corrected chi connectivity index (χ3v) is 5.23. The van der Waals surface area contributed by atoms with Crippen molar-refractivity contribution in [2.45, 2.75) is 13.0 Å². The average molecular weight is 416 g/mol. The summed E-state index contributed by atoms with van der Waals surface area (Å²) in [6.45, 7) is 0.874. The average Bonchev–Trinajstić information content (AvgIpc) is 3.02. The number of carbonyl (C=O) groups excluding carboxylic acids is 2.